The Kier molecular flexibility index (Phi) is 6.43. The van der Waals surface area contributed by atoms with Crippen molar-refractivity contribution in [2.45, 2.75) is 25.1 Å². The van der Waals surface area contributed by atoms with Gasteiger partial charge in [0.1, 0.15) is 22.4 Å². The van der Waals surface area contributed by atoms with Crippen LogP contribution in [0.2, 0.25) is 0 Å². The van der Waals surface area contributed by atoms with Crippen molar-refractivity contribution in [3.05, 3.63) is 100 Å². The highest BCUT2D eigenvalue weighted by Crippen LogP contribution is 2.41. The number of carbonyl (C=O) groups excluding carboxylic acids is 2. The van der Waals surface area contributed by atoms with Crippen LogP contribution < -0.4 is 10.2 Å². The van der Waals surface area contributed by atoms with Gasteiger partial charge in [0.05, 0.1) is 18.1 Å². The van der Waals surface area contributed by atoms with Gasteiger partial charge < -0.3 is 9.73 Å². The van der Waals surface area contributed by atoms with Crippen molar-refractivity contribution >= 4 is 29.3 Å². The summed E-state index contributed by atoms with van der Waals surface area (Å²) in [6.45, 7) is 2.17. The Morgan fingerprint density at radius 1 is 1.12 bits per heavy atom. The van der Waals surface area contributed by atoms with Gasteiger partial charge in [0.15, 0.2) is 0 Å². The average molecular weight is 444 g/mol. The molecule has 1 aliphatic rings. The molecule has 32 heavy (non-hydrogen) atoms. The number of hydrogen-bond donors (Lipinski definition) is 1. The molecule has 1 saturated heterocycles. The highest BCUT2D eigenvalue weighted by Gasteiger charge is 2.40. The lowest BCUT2D eigenvalue weighted by Crippen LogP contribution is -2.32. The standard InChI is InChI=1S/C25H21N3O3S/c1-17-9-11-18(12-10-17)14-22-24(30)28(19-6-3-2-4-7-19)25(32-22)21(15-26)23(29)27-16-20-8-5-13-31-20/h2-13,22H,14,16H2,1H3,(H,27,29)/b25-21+. The second kappa shape index (κ2) is 9.58. The Morgan fingerprint density at radius 3 is 2.53 bits per heavy atom. The monoisotopic (exact) mass is 443 g/mol. The van der Waals surface area contributed by atoms with Crippen LogP contribution >= 0.6 is 11.8 Å². The molecule has 2 amide bonds. The van der Waals surface area contributed by atoms with Crippen LogP contribution in [0.5, 0.6) is 0 Å². The van der Waals surface area contributed by atoms with Gasteiger partial charge in [-0.2, -0.15) is 5.26 Å². The van der Waals surface area contributed by atoms with E-state index in [4.69, 9.17) is 4.42 Å². The van der Waals surface area contributed by atoms with E-state index >= 15 is 0 Å². The highest BCUT2D eigenvalue weighted by atomic mass is 32.2. The van der Waals surface area contributed by atoms with Gasteiger partial charge in [0, 0.05) is 5.69 Å². The molecular weight excluding hydrogens is 422 g/mol. The molecule has 1 aliphatic heterocycles. The van der Waals surface area contributed by atoms with Gasteiger partial charge in [-0.15, -0.1) is 0 Å². The largest absolute Gasteiger partial charge is 0.467 e. The summed E-state index contributed by atoms with van der Waals surface area (Å²) in [5.41, 5.74) is 2.70. The topological polar surface area (TPSA) is 86.3 Å². The summed E-state index contributed by atoms with van der Waals surface area (Å²) < 4.78 is 5.24. The first-order valence-electron chi connectivity index (χ1n) is 10.1. The predicted molar refractivity (Wildman–Crippen MR) is 123 cm³/mol. The number of para-hydroxylation sites is 1. The third-order valence-corrected chi connectivity index (χ3v) is 6.33. The lowest BCUT2D eigenvalue weighted by molar-refractivity contribution is -0.117. The summed E-state index contributed by atoms with van der Waals surface area (Å²) in [4.78, 5) is 27.7. The molecule has 7 heteroatoms. The minimum absolute atomic E-state index is 0.0924. The summed E-state index contributed by atoms with van der Waals surface area (Å²) >= 11 is 1.25. The first kappa shape index (κ1) is 21.5. The lowest BCUT2D eigenvalue weighted by Gasteiger charge is -2.18. The van der Waals surface area contributed by atoms with E-state index in [1.54, 1.807) is 24.3 Å². The molecule has 0 bridgehead atoms. The molecule has 0 aliphatic carbocycles. The zero-order valence-corrected chi connectivity index (χ0v) is 18.3. The molecule has 1 aromatic heterocycles. The van der Waals surface area contributed by atoms with Gasteiger partial charge in [-0.3, -0.25) is 14.5 Å². The molecule has 160 valence electrons. The quantitative estimate of drug-likeness (QED) is 0.453. The van der Waals surface area contributed by atoms with Crippen molar-refractivity contribution in [3.63, 3.8) is 0 Å². The van der Waals surface area contributed by atoms with Crippen LogP contribution in [0.4, 0.5) is 5.69 Å². The molecule has 0 saturated carbocycles. The molecule has 1 fully saturated rings. The average Bonchev–Trinajstić information content (AvgIpc) is 3.43. The van der Waals surface area contributed by atoms with Crippen molar-refractivity contribution in [1.82, 2.24) is 5.32 Å². The van der Waals surface area contributed by atoms with Gasteiger partial charge in [-0.1, -0.05) is 59.8 Å². The van der Waals surface area contributed by atoms with Crippen molar-refractivity contribution < 1.29 is 14.0 Å². The van der Waals surface area contributed by atoms with E-state index in [0.29, 0.717) is 22.9 Å². The fraction of sp³-hybridized carbons (Fsp3) is 0.160. The molecule has 1 unspecified atom stereocenters. The highest BCUT2D eigenvalue weighted by molar-refractivity contribution is 8.05. The van der Waals surface area contributed by atoms with Crippen molar-refractivity contribution in [2.75, 3.05) is 4.90 Å². The molecular formula is C25H21N3O3S. The number of carbonyl (C=O) groups is 2. The second-order valence-corrected chi connectivity index (χ2v) is 8.55. The maximum Gasteiger partial charge on any atom is 0.265 e. The number of furan rings is 1. The summed E-state index contributed by atoms with van der Waals surface area (Å²) in [6.07, 6.45) is 2.02. The van der Waals surface area contributed by atoms with Crippen LogP contribution in [-0.4, -0.2) is 17.1 Å². The number of nitrogens with zero attached hydrogens (tertiary/aromatic N) is 2. The van der Waals surface area contributed by atoms with Gasteiger partial charge >= 0.3 is 0 Å². The van der Waals surface area contributed by atoms with E-state index in [9.17, 15) is 14.9 Å². The third-order valence-electron chi connectivity index (χ3n) is 5.06. The van der Waals surface area contributed by atoms with Crippen molar-refractivity contribution in [3.8, 4) is 6.07 Å². The van der Waals surface area contributed by atoms with E-state index in [1.807, 2.05) is 55.5 Å². The summed E-state index contributed by atoms with van der Waals surface area (Å²) in [7, 11) is 0. The summed E-state index contributed by atoms with van der Waals surface area (Å²) in [5.74, 6) is -0.118. The number of nitrogens with one attached hydrogen (secondary N) is 1. The Hall–Kier alpha value is -3.76. The molecule has 1 atom stereocenters. The molecule has 1 N–H and O–H groups in total. The van der Waals surface area contributed by atoms with Gasteiger partial charge in [0.25, 0.3) is 5.91 Å². The van der Waals surface area contributed by atoms with Gasteiger partial charge in [0.2, 0.25) is 5.91 Å². The first-order chi connectivity index (χ1) is 15.6. The minimum Gasteiger partial charge on any atom is -0.467 e. The molecule has 4 rings (SSSR count). The van der Waals surface area contributed by atoms with Crippen molar-refractivity contribution in [2.24, 2.45) is 0 Å². The zero-order chi connectivity index (χ0) is 22.5. The maximum atomic E-state index is 13.4. The number of nitriles is 1. The molecule has 0 spiro atoms. The normalized spacial score (nSPS) is 17.2. The minimum atomic E-state index is -0.545. The number of thioether (sulfide) groups is 1. The van der Waals surface area contributed by atoms with Gasteiger partial charge in [-0.05, 0) is 43.2 Å². The van der Waals surface area contributed by atoms with E-state index in [-0.39, 0.29) is 18.0 Å². The number of anilines is 1. The SMILES string of the molecule is Cc1ccc(CC2S/C(=C(\C#N)C(=O)NCc3ccco3)N(c3ccccc3)C2=O)cc1. The van der Waals surface area contributed by atoms with Crippen LogP contribution in [0.15, 0.2) is 88.0 Å². The maximum absolute atomic E-state index is 13.4. The third kappa shape index (κ3) is 4.61. The molecule has 2 aromatic carbocycles. The zero-order valence-electron chi connectivity index (χ0n) is 17.4. The molecule has 2 heterocycles. The smallest absolute Gasteiger partial charge is 0.265 e. The van der Waals surface area contributed by atoms with Crippen LogP contribution in [0.25, 0.3) is 0 Å². The molecule has 3 aromatic rings. The fourth-order valence-corrected chi connectivity index (χ4v) is 4.71. The van der Waals surface area contributed by atoms with E-state index in [0.717, 1.165) is 11.1 Å². The number of benzene rings is 2. The Morgan fingerprint density at radius 2 is 1.88 bits per heavy atom. The number of rotatable bonds is 6. The van der Waals surface area contributed by atoms with Crippen molar-refractivity contribution in [1.29, 1.82) is 5.26 Å². The second-order valence-electron chi connectivity index (χ2n) is 7.36. The van der Waals surface area contributed by atoms with Crippen LogP contribution in [-0.2, 0) is 22.6 Å². The lowest BCUT2D eigenvalue weighted by atomic mass is 10.1. The van der Waals surface area contributed by atoms with Crippen LogP contribution in [0.1, 0.15) is 16.9 Å². The Labute approximate surface area is 190 Å². The Balaban J connectivity index is 1.66. The van der Waals surface area contributed by atoms with Crippen LogP contribution in [0.3, 0.4) is 0 Å². The van der Waals surface area contributed by atoms with Gasteiger partial charge in [-0.25, -0.2) is 0 Å². The summed E-state index contributed by atoms with van der Waals surface area (Å²) in [6, 6.07) is 22.6. The number of aryl methyl sites for hydroxylation is 1. The molecule has 6 nitrogen and oxygen atoms in total. The van der Waals surface area contributed by atoms with E-state index < -0.39 is 11.2 Å². The number of amides is 2. The predicted octanol–water partition coefficient (Wildman–Crippen LogP) is 4.33. The fourth-order valence-electron chi connectivity index (χ4n) is 3.41. The molecule has 0 radical (unpaired) electrons. The first-order valence-corrected chi connectivity index (χ1v) is 11.0. The van der Waals surface area contributed by atoms with Crippen LogP contribution in [0, 0.1) is 18.3 Å². The summed E-state index contributed by atoms with van der Waals surface area (Å²) in [5, 5.41) is 12.4. The van der Waals surface area contributed by atoms with E-state index in [1.165, 1.54) is 22.9 Å². The number of hydrogen-bond acceptors (Lipinski definition) is 5. The van der Waals surface area contributed by atoms with E-state index in [2.05, 4.69) is 5.32 Å². The Bertz CT molecular complexity index is 1180.